The summed E-state index contributed by atoms with van der Waals surface area (Å²) in [6, 6.07) is 3.44. The van der Waals surface area contributed by atoms with Crippen LogP contribution in [0.1, 0.15) is 29.8 Å². The lowest BCUT2D eigenvalue weighted by Crippen LogP contribution is -2.49. The highest BCUT2D eigenvalue weighted by atomic mass is 19.4. The number of nitrogens with zero attached hydrogens (tertiary/aromatic N) is 1. The van der Waals surface area contributed by atoms with E-state index in [-0.39, 0.29) is 18.7 Å². The van der Waals surface area contributed by atoms with Crippen molar-refractivity contribution in [1.29, 1.82) is 0 Å². The first kappa shape index (κ1) is 18.5. The number of nitrogens with one attached hydrogen (secondary N) is 1. The van der Waals surface area contributed by atoms with Crippen LogP contribution >= 0.6 is 0 Å². The molecule has 1 N–H and O–H groups in total. The van der Waals surface area contributed by atoms with Crippen molar-refractivity contribution in [2.75, 3.05) is 13.2 Å². The van der Waals surface area contributed by atoms with Gasteiger partial charge in [-0.25, -0.2) is 9.80 Å². The number of rotatable bonds is 3. The molecular weight excluding hydrogens is 317 g/mol. The van der Waals surface area contributed by atoms with Crippen LogP contribution in [-0.2, 0) is 20.5 Å². The van der Waals surface area contributed by atoms with Gasteiger partial charge >= 0.3 is 18.1 Å². The second kappa shape index (κ2) is 7.61. The van der Waals surface area contributed by atoms with E-state index in [9.17, 15) is 27.6 Å². The standard InChI is InChI=1S/C14H15F3N2O4/c1-3-19(12(21)13(22)23-4-2)18-11(20)9-5-7-10(8-6-9)14(15,16)17/h5-8H,3-4H2,1-2H3,(H,18,20). The van der Waals surface area contributed by atoms with Gasteiger partial charge in [-0.15, -0.1) is 0 Å². The van der Waals surface area contributed by atoms with Gasteiger partial charge in [-0.05, 0) is 38.1 Å². The molecule has 0 saturated heterocycles. The monoisotopic (exact) mass is 332 g/mol. The zero-order valence-corrected chi connectivity index (χ0v) is 12.4. The molecule has 0 aliphatic rings. The first-order valence-electron chi connectivity index (χ1n) is 6.67. The second-order valence-corrected chi connectivity index (χ2v) is 4.29. The highest BCUT2D eigenvalue weighted by Crippen LogP contribution is 2.29. The van der Waals surface area contributed by atoms with Crippen molar-refractivity contribution >= 4 is 17.8 Å². The number of carbonyl (C=O) groups excluding carboxylic acids is 3. The Morgan fingerprint density at radius 3 is 2.13 bits per heavy atom. The van der Waals surface area contributed by atoms with Crippen molar-refractivity contribution in [2.24, 2.45) is 0 Å². The van der Waals surface area contributed by atoms with Crippen LogP contribution in [0.3, 0.4) is 0 Å². The van der Waals surface area contributed by atoms with E-state index in [1.165, 1.54) is 13.8 Å². The lowest BCUT2D eigenvalue weighted by atomic mass is 10.1. The van der Waals surface area contributed by atoms with Crippen LogP contribution in [0, 0.1) is 0 Å². The zero-order valence-electron chi connectivity index (χ0n) is 12.4. The molecule has 1 rings (SSSR count). The Balaban J connectivity index is 2.81. The van der Waals surface area contributed by atoms with Crippen LogP contribution in [0.5, 0.6) is 0 Å². The van der Waals surface area contributed by atoms with E-state index in [1.54, 1.807) is 0 Å². The van der Waals surface area contributed by atoms with Gasteiger partial charge in [0.2, 0.25) is 0 Å². The average Bonchev–Trinajstić information content (AvgIpc) is 2.51. The molecule has 0 atom stereocenters. The number of likely N-dealkylation sites (N-methyl/N-ethyl adjacent to an activating group) is 1. The summed E-state index contributed by atoms with van der Waals surface area (Å²) in [5, 5.41) is 0.720. The smallest absolute Gasteiger partial charge is 0.416 e. The molecule has 0 heterocycles. The first-order chi connectivity index (χ1) is 10.7. The largest absolute Gasteiger partial charge is 0.459 e. The van der Waals surface area contributed by atoms with E-state index in [4.69, 9.17) is 0 Å². The zero-order chi connectivity index (χ0) is 17.6. The van der Waals surface area contributed by atoms with Gasteiger partial charge < -0.3 is 4.74 Å². The van der Waals surface area contributed by atoms with Gasteiger partial charge in [0.05, 0.1) is 12.2 Å². The second-order valence-electron chi connectivity index (χ2n) is 4.29. The number of alkyl halides is 3. The van der Waals surface area contributed by atoms with Crippen molar-refractivity contribution in [1.82, 2.24) is 10.4 Å². The summed E-state index contributed by atoms with van der Waals surface area (Å²) in [6.07, 6.45) is -4.51. The minimum absolute atomic E-state index is 0.00498. The third-order valence-electron chi connectivity index (χ3n) is 2.72. The fourth-order valence-electron chi connectivity index (χ4n) is 1.57. The number of amides is 2. The predicted molar refractivity (Wildman–Crippen MR) is 72.9 cm³/mol. The number of ether oxygens (including phenoxy) is 1. The van der Waals surface area contributed by atoms with Crippen LogP contribution in [-0.4, -0.2) is 35.9 Å². The molecule has 0 saturated carbocycles. The van der Waals surface area contributed by atoms with E-state index < -0.39 is 29.5 Å². The van der Waals surface area contributed by atoms with Crippen LogP contribution in [0.25, 0.3) is 0 Å². The summed E-state index contributed by atoms with van der Waals surface area (Å²) in [6.45, 7) is 2.99. The van der Waals surface area contributed by atoms with Crippen molar-refractivity contribution < 1.29 is 32.3 Å². The maximum absolute atomic E-state index is 12.4. The maximum atomic E-state index is 12.4. The van der Waals surface area contributed by atoms with Crippen LogP contribution in [0.2, 0.25) is 0 Å². The Morgan fingerprint density at radius 2 is 1.70 bits per heavy atom. The van der Waals surface area contributed by atoms with E-state index in [2.05, 4.69) is 10.2 Å². The summed E-state index contributed by atoms with van der Waals surface area (Å²) in [4.78, 5) is 35.0. The quantitative estimate of drug-likeness (QED) is 0.520. The molecule has 6 nitrogen and oxygen atoms in total. The lowest BCUT2D eigenvalue weighted by molar-refractivity contribution is -0.160. The fraction of sp³-hybridized carbons (Fsp3) is 0.357. The van der Waals surface area contributed by atoms with Crippen molar-refractivity contribution in [3.8, 4) is 0 Å². The molecule has 23 heavy (non-hydrogen) atoms. The number of halogens is 3. The molecule has 0 spiro atoms. The van der Waals surface area contributed by atoms with Gasteiger partial charge in [0.15, 0.2) is 0 Å². The Hall–Kier alpha value is -2.58. The maximum Gasteiger partial charge on any atom is 0.416 e. The summed E-state index contributed by atoms with van der Waals surface area (Å²) in [5.41, 5.74) is 1.15. The lowest BCUT2D eigenvalue weighted by Gasteiger charge is -2.20. The van der Waals surface area contributed by atoms with E-state index in [0.29, 0.717) is 0 Å². The van der Waals surface area contributed by atoms with Crippen LogP contribution in [0.15, 0.2) is 24.3 Å². The van der Waals surface area contributed by atoms with E-state index in [1.807, 2.05) is 0 Å². The highest BCUT2D eigenvalue weighted by molar-refractivity contribution is 6.32. The third-order valence-corrected chi connectivity index (χ3v) is 2.72. The number of hydrazine groups is 1. The number of carbonyl (C=O) groups is 3. The number of benzene rings is 1. The van der Waals surface area contributed by atoms with Crippen molar-refractivity contribution in [3.05, 3.63) is 35.4 Å². The molecule has 0 aromatic heterocycles. The summed E-state index contributed by atoms with van der Waals surface area (Å²) >= 11 is 0. The molecule has 0 bridgehead atoms. The Labute approximate surface area is 130 Å². The molecule has 0 fully saturated rings. The van der Waals surface area contributed by atoms with Gasteiger partial charge in [-0.3, -0.25) is 15.0 Å². The van der Waals surface area contributed by atoms with E-state index >= 15 is 0 Å². The van der Waals surface area contributed by atoms with Gasteiger partial charge in [0.1, 0.15) is 0 Å². The van der Waals surface area contributed by atoms with E-state index in [0.717, 1.165) is 29.3 Å². The van der Waals surface area contributed by atoms with Gasteiger partial charge in [0.25, 0.3) is 5.91 Å². The Kier molecular flexibility index (Phi) is 6.11. The molecule has 0 radical (unpaired) electrons. The van der Waals surface area contributed by atoms with Gasteiger partial charge in [-0.1, -0.05) is 0 Å². The first-order valence-corrected chi connectivity index (χ1v) is 6.67. The Bertz CT molecular complexity index is 585. The number of hydrogen-bond donors (Lipinski definition) is 1. The number of hydrogen-bond acceptors (Lipinski definition) is 4. The summed E-state index contributed by atoms with van der Waals surface area (Å²) < 4.78 is 41.9. The van der Waals surface area contributed by atoms with Crippen LogP contribution < -0.4 is 5.43 Å². The van der Waals surface area contributed by atoms with Crippen molar-refractivity contribution in [2.45, 2.75) is 20.0 Å². The minimum atomic E-state index is -4.51. The molecule has 1 aromatic rings. The SMILES string of the molecule is CCOC(=O)C(=O)N(CC)NC(=O)c1ccc(C(F)(F)F)cc1. The topological polar surface area (TPSA) is 75.7 Å². The van der Waals surface area contributed by atoms with Gasteiger partial charge in [0, 0.05) is 12.1 Å². The minimum Gasteiger partial charge on any atom is -0.459 e. The number of esters is 1. The third kappa shape index (κ3) is 4.97. The predicted octanol–water partition coefficient (Wildman–Crippen LogP) is 1.76. The average molecular weight is 332 g/mol. The molecule has 2 amide bonds. The highest BCUT2D eigenvalue weighted by Gasteiger charge is 2.30. The fourth-order valence-corrected chi connectivity index (χ4v) is 1.57. The molecule has 1 aromatic carbocycles. The normalized spacial score (nSPS) is 10.8. The Morgan fingerprint density at radius 1 is 1.13 bits per heavy atom. The summed E-state index contributed by atoms with van der Waals surface area (Å²) in [7, 11) is 0. The molecule has 0 unspecified atom stereocenters. The molecule has 0 aliphatic carbocycles. The van der Waals surface area contributed by atoms with Crippen molar-refractivity contribution in [3.63, 3.8) is 0 Å². The van der Waals surface area contributed by atoms with Gasteiger partial charge in [-0.2, -0.15) is 13.2 Å². The molecule has 9 heteroatoms. The molecule has 126 valence electrons. The summed E-state index contributed by atoms with van der Waals surface area (Å²) in [5.74, 6) is -3.03. The van der Waals surface area contributed by atoms with Crippen LogP contribution in [0.4, 0.5) is 13.2 Å². The molecule has 0 aliphatic heterocycles. The molecular formula is C14H15F3N2O4.